The summed E-state index contributed by atoms with van der Waals surface area (Å²) in [7, 11) is -3.25. The second kappa shape index (κ2) is 6.67. The zero-order chi connectivity index (χ0) is 19.1. The Morgan fingerprint density at radius 2 is 2.19 bits per heavy atom. The van der Waals surface area contributed by atoms with Gasteiger partial charge in [-0.3, -0.25) is 13.8 Å². The maximum atomic E-state index is 12.4. The summed E-state index contributed by atoms with van der Waals surface area (Å²) in [6.07, 6.45) is 0.137. The summed E-state index contributed by atoms with van der Waals surface area (Å²) < 4.78 is 28.1. The second-order valence-electron chi connectivity index (χ2n) is 6.88. The number of phosphoric ester groups is 1. The topological polar surface area (TPSA) is 109 Å². The number of phosphoric acid groups is 1. The molecule has 0 aromatic heterocycles. The van der Waals surface area contributed by atoms with Gasteiger partial charge in [0.05, 0.1) is 17.7 Å². The first kappa shape index (κ1) is 18.9. The Kier molecular flexibility index (Phi) is 4.84. The van der Waals surface area contributed by atoms with Crippen molar-refractivity contribution in [2.24, 2.45) is 0 Å². The monoisotopic (exact) mass is 380 g/mol. The molecule has 3 rings (SSSR count). The number of carbonyl (C=O) groups excluding carboxylic acids is 1. The normalized spacial score (nSPS) is 26.6. The Labute approximate surface area is 151 Å². The van der Waals surface area contributed by atoms with Crippen LogP contribution in [0, 0.1) is 11.3 Å². The van der Waals surface area contributed by atoms with Crippen molar-refractivity contribution < 1.29 is 28.0 Å². The van der Waals surface area contributed by atoms with E-state index in [1.165, 1.54) is 0 Å². The standard InChI is InChI=1S/C17H21N2O6P/c1-17(2)16(25-26(21,22)23-3)15(19-8-4-5-14(19)20)12-9-11(10-18)6-7-13(12)24-17/h6-7,9,15-16H,4-5,8H2,1-3H3,(H,21,22)/t15-,16-/m0/s1. The Hall–Kier alpha value is -1.91. The van der Waals surface area contributed by atoms with Crippen LogP contribution in [0.2, 0.25) is 0 Å². The molecule has 8 nitrogen and oxygen atoms in total. The van der Waals surface area contributed by atoms with Crippen LogP contribution in [0.15, 0.2) is 18.2 Å². The minimum atomic E-state index is -4.33. The molecule has 3 atom stereocenters. The number of hydrogen-bond acceptors (Lipinski definition) is 6. The summed E-state index contributed by atoms with van der Waals surface area (Å²) in [5.41, 5.74) is -0.0212. The van der Waals surface area contributed by atoms with Gasteiger partial charge in [0.2, 0.25) is 5.91 Å². The van der Waals surface area contributed by atoms with Crippen LogP contribution in [0.5, 0.6) is 5.75 Å². The molecule has 1 unspecified atom stereocenters. The van der Waals surface area contributed by atoms with Crippen LogP contribution in [-0.4, -0.2) is 41.1 Å². The summed E-state index contributed by atoms with van der Waals surface area (Å²) in [5, 5.41) is 9.23. The van der Waals surface area contributed by atoms with Crippen LogP contribution in [0.25, 0.3) is 0 Å². The van der Waals surface area contributed by atoms with Crippen molar-refractivity contribution in [3.8, 4) is 11.8 Å². The third-order valence-electron chi connectivity index (χ3n) is 4.73. The maximum Gasteiger partial charge on any atom is 0.472 e. The average molecular weight is 380 g/mol. The zero-order valence-electron chi connectivity index (χ0n) is 14.8. The minimum absolute atomic E-state index is 0.0696. The van der Waals surface area contributed by atoms with Gasteiger partial charge in [0.15, 0.2) is 0 Å². The van der Waals surface area contributed by atoms with Crippen molar-refractivity contribution in [2.45, 2.75) is 44.4 Å². The molecule has 9 heteroatoms. The summed E-state index contributed by atoms with van der Waals surface area (Å²) in [5.74, 6) is 0.448. The van der Waals surface area contributed by atoms with E-state index in [0.717, 1.165) is 7.11 Å². The highest BCUT2D eigenvalue weighted by Crippen LogP contribution is 2.53. The van der Waals surface area contributed by atoms with Gasteiger partial charge < -0.3 is 14.5 Å². The van der Waals surface area contributed by atoms with Crippen molar-refractivity contribution in [3.05, 3.63) is 29.3 Å². The molecule has 1 saturated heterocycles. The number of nitrogens with zero attached hydrogens (tertiary/aromatic N) is 2. The Morgan fingerprint density at radius 1 is 1.46 bits per heavy atom. The molecule has 2 heterocycles. The van der Waals surface area contributed by atoms with Gasteiger partial charge in [-0.1, -0.05) is 0 Å². The quantitative estimate of drug-likeness (QED) is 0.800. The molecule has 0 aliphatic carbocycles. The highest BCUT2D eigenvalue weighted by Gasteiger charge is 2.51. The van der Waals surface area contributed by atoms with Crippen LogP contribution in [0.3, 0.4) is 0 Å². The average Bonchev–Trinajstić information content (AvgIpc) is 3.00. The van der Waals surface area contributed by atoms with E-state index in [2.05, 4.69) is 10.6 Å². The second-order valence-corrected chi connectivity index (χ2v) is 8.40. The molecule has 140 valence electrons. The number of fused-ring (bicyclic) bond motifs is 1. The zero-order valence-corrected chi connectivity index (χ0v) is 15.7. The molecular formula is C17H21N2O6P. The van der Waals surface area contributed by atoms with Crippen molar-refractivity contribution in [2.75, 3.05) is 13.7 Å². The number of hydrogen-bond donors (Lipinski definition) is 1. The summed E-state index contributed by atoms with van der Waals surface area (Å²) in [4.78, 5) is 23.9. The molecule has 1 aromatic rings. The lowest BCUT2D eigenvalue weighted by Crippen LogP contribution is -2.54. The first-order chi connectivity index (χ1) is 12.2. The lowest BCUT2D eigenvalue weighted by atomic mass is 9.85. The largest absolute Gasteiger partial charge is 0.485 e. The highest BCUT2D eigenvalue weighted by atomic mass is 31.2. The number of carbonyl (C=O) groups is 1. The molecule has 1 N–H and O–H groups in total. The Balaban J connectivity index is 2.15. The molecule has 0 saturated carbocycles. The van der Waals surface area contributed by atoms with Crippen molar-refractivity contribution in [1.29, 1.82) is 5.26 Å². The number of amides is 1. The Bertz CT molecular complexity index is 818. The fourth-order valence-corrected chi connectivity index (χ4v) is 4.23. The van der Waals surface area contributed by atoms with Crippen molar-refractivity contribution in [1.82, 2.24) is 4.90 Å². The lowest BCUT2D eigenvalue weighted by Gasteiger charge is -2.47. The molecule has 1 amide bonds. The molecule has 0 spiro atoms. The van der Waals surface area contributed by atoms with E-state index in [9.17, 15) is 19.5 Å². The fraction of sp³-hybridized carbons (Fsp3) is 0.529. The number of nitriles is 1. The van der Waals surface area contributed by atoms with E-state index < -0.39 is 25.6 Å². The van der Waals surface area contributed by atoms with Crippen LogP contribution in [0.4, 0.5) is 0 Å². The molecule has 1 fully saturated rings. The van der Waals surface area contributed by atoms with Crippen LogP contribution >= 0.6 is 7.82 Å². The van der Waals surface area contributed by atoms with Crippen molar-refractivity contribution >= 4 is 13.7 Å². The first-order valence-electron chi connectivity index (χ1n) is 8.28. The van der Waals surface area contributed by atoms with Gasteiger partial charge in [-0.15, -0.1) is 0 Å². The van der Waals surface area contributed by atoms with Gasteiger partial charge in [-0.2, -0.15) is 5.26 Å². The van der Waals surface area contributed by atoms with Gasteiger partial charge in [-0.25, -0.2) is 4.57 Å². The van der Waals surface area contributed by atoms with Crippen LogP contribution < -0.4 is 4.74 Å². The summed E-state index contributed by atoms with van der Waals surface area (Å²) in [6, 6.07) is 6.34. The van der Waals surface area contributed by atoms with Gasteiger partial charge in [0.1, 0.15) is 17.5 Å². The molecule has 2 aliphatic heterocycles. The van der Waals surface area contributed by atoms with Crippen LogP contribution in [0.1, 0.15) is 43.9 Å². The van der Waals surface area contributed by atoms with Gasteiger partial charge in [0, 0.05) is 25.6 Å². The van der Waals surface area contributed by atoms with Crippen LogP contribution in [-0.2, 0) is 18.4 Å². The third-order valence-corrected chi connectivity index (χ3v) is 5.68. The minimum Gasteiger partial charge on any atom is -0.485 e. The van der Waals surface area contributed by atoms with E-state index in [4.69, 9.17) is 9.26 Å². The number of rotatable bonds is 4. The number of likely N-dealkylation sites (tertiary alicyclic amines) is 1. The molecule has 0 radical (unpaired) electrons. The smallest absolute Gasteiger partial charge is 0.472 e. The maximum absolute atomic E-state index is 12.4. The van der Waals surface area contributed by atoms with Gasteiger partial charge >= 0.3 is 7.82 Å². The molecule has 0 bridgehead atoms. The molecule has 2 aliphatic rings. The molecule has 26 heavy (non-hydrogen) atoms. The molecule has 1 aromatic carbocycles. The SMILES string of the molecule is COP(=O)(O)O[C@H]1[C@@H](N2CCCC2=O)c2cc(C#N)ccc2OC1(C)C. The van der Waals surface area contributed by atoms with Crippen molar-refractivity contribution in [3.63, 3.8) is 0 Å². The van der Waals surface area contributed by atoms with E-state index in [0.29, 0.717) is 36.3 Å². The van der Waals surface area contributed by atoms with E-state index in [-0.39, 0.29) is 5.91 Å². The first-order valence-corrected chi connectivity index (χ1v) is 9.77. The number of benzene rings is 1. The van der Waals surface area contributed by atoms with E-state index in [1.807, 2.05) is 0 Å². The predicted octanol–water partition coefficient (Wildman–Crippen LogP) is 2.52. The number of ether oxygens (including phenoxy) is 1. The summed E-state index contributed by atoms with van der Waals surface area (Å²) in [6.45, 7) is 3.95. The lowest BCUT2D eigenvalue weighted by molar-refractivity contribution is -0.139. The fourth-order valence-electron chi connectivity index (χ4n) is 3.49. The summed E-state index contributed by atoms with van der Waals surface area (Å²) >= 11 is 0. The highest BCUT2D eigenvalue weighted by molar-refractivity contribution is 7.47. The Morgan fingerprint density at radius 3 is 2.77 bits per heavy atom. The van der Waals surface area contributed by atoms with E-state index in [1.54, 1.807) is 36.9 Å². The van der Waals surface area contributed by atoms with Gasteiger partial charge in [-0.05, 0) is 38.5 Å². The third kappa shape index (κ3) is 3.36. The predicted molar refractivity (Wildman–Crippen MR) is 91.3 cm³/mol. The van der Waals surface area contributed by atoms with Gasteiger partial charge in [0.25, 0.3) is 0 Å². The van der Waals surface area contributed by atoms with E-state index >= 15 is 0 Å². The molecular weight excluding hydrogens is 359 g/mol.